The number of carbonyl (C=O) groups excluding carboxylic acids is 1. The van der Waals surface area contributed by atoms with Gasteiger partial charge in [0.1, 0.15) is 5.76 Å². The Morgan fingerprint density at radius 2 is 2.12 bits per heavy atom. The van der Waals surface area contributed by atoms with Crippen LogP contribution in [0.5, 0.6) is 0 Å². The van der Waals surface area contributed by atoms with Crippen LogP contribution in [-0.2, 0) is 6.54 Å². The largest absolute Gasteiger partial charge is 0.455 e. The van der Waals surface area contributed by atoms with Gasteiger partial charge in [-0.1, -0.05) is 6.92 Å². The van der Waals surface area contributed by atoms with E-state index < -0.39 is 0 Å². The molecule has 1 fully saturated rings. The van der Waals surface area contributed by atoms with Gasteiger partial charge in [-0.2, -0.15) is 0 Å². The highest BCUT2D eigenvalue weighted by Gasteiger charge is 2.20. The summed E-state index contributed by atoms with van der Waals surface area (Å²) >= 11 is 0. The number of nitrogens with zero attached hydrogens (tertiary/aromatic N) is 1. The van der Waals surface area contributed by atoms with Gasteiger partial charge < -0.3 is 14.6 Å². The molecular formula is C13H20N2O2. The standard InChI is InChI=1S/C13H20N2O2/c1-2-14-10-11-6-7-12(17-11)13(16)15-8-4-3-5-9-15/h6-7,14H,2-5,8-10H2,1H3. The van der Waals surface area contributed by atoms with Crippen LogP contribution in [0.2, 0.25) is 0 Å². The van der Waals surface area contributed by atoms with Gasteiger partial charge in [-0.3, -0.25) is 4.79 Å². The van der Waals surface area contributed by atoms with Crippen molar-refractivity contribution in [3.8, 4) is 0 Å². The number of carbonyl (C=O) groups is 1. The summed E-state index contributed by atoms with van der Waals surface area (Å²) in [6.07, 6.45) is 3.45. The van der Waals surface area contributed by atoms with Crippen LogP contribution in [-0.4, -0.2) is 30.4 Å². The molecule has 0 spiro atoms. The van der Waals surface area contributed by atoms with Crippen LogP contribution in [0.25, 0.3) is 0 Å². The second-order valence-electron chi connectivity index (χ2n) is 4.40. The molecule has 4 heteroatoms. The molecule has 1 N–H and O–H groups in total. The molecule has 0 bridgehead atoms. The lowest BCUT2D eigenvalue weighted by atomic mass is 10.1. The summed E-state index contributed by atoms with van der Waals surface area (Å²) < 4.78 is 5.55. The minimum absolute atomic E-state index is 0.0347. The third kappa shape index (κ3) is 3.09. The quantitative estimate of drug-likeness (QED) is 0.870. The summed E-state index contributed by atoms with van der Waals surface area (Å²) in [6, 6.07) is 3.66. The third-order valence-electron chi connectivity index (χ3n) is 3.06. The van der Waals surface area contributed by atoms with Crippen LogP contribution < -0.4 is 5.32 Å². The van der Waals surface area contributed by atoms with Gasteiger partial charge in [0.25, 0.3) is 5.91 Å². The molecular weight excluding hydrogens is 216 g/mol. The predicted octanol–water partition coefficient (Wildman–Crippen LogP) is 2.02. The second kappa shape index (κ2) is 5.87. The van der Waals surface area contributed by atoms with Gasteiger partial charge in [-0.15, -0.1) is 0 Å². The maximum atomic E-state index is 12.1. The van der Waals surface area contributed by atoms with Gasteiger partial charge in [0.05, 0.1) is 6.54 Å². The highest BCUT2D eigenvalue weighted by Crippen LogP contribution is 2.15. The number of piperidine rings is 1. The summed E-state index contributed by atoms with van der Waals surface area (Å²) in [4.78, 5) is 14.0. The van der Waals surface area contributed by atoms with Crippen molar-refractivity contribution in [2.24, 2.45) is 0 Å². The van der Waals surface area contributed by atoms with Crippen LogP contribution in [0.1, 0.15) is 42.5 Å². The van der Waals surface area contributed by atoms with Crippen LogP contribution in [0.3, 0.4) is 0 Å². The first kappa shape index (κ1) is 12.2. The summed E-state index contributed by atoms with van der Waals surface area (Å²) in [5, 5.41) is 3.18. The van der Waals surface area contributed by atoms with E-state index in [9.17, 15) is 4.79 Å². The number of likely N-dealkylation sites (tertiary alicyclic amines) is 1. The fourth-order valence-corrected chi connectivity index (χ4v) is 2.09. The Kier molecular flexibility index (Phi) is 4.20. The maximum absolute atomic E-state index is 12.1. The first-order valence-electron chi connectivity index (χ1n) is 6.40. The average Bonchev–Trinajstić information content (AvgIpc) is 2.85. The van der Waals surface area contributed by atoms with E-state index in [1.54, 1.807) is 6.07 Å². The Morgan fingerprint density at radius 1 is 1.35 bits per heavy atom. The van der Waals surface area contributed by atoms with Gasteiger partial charge in [-0.25, -0.2) is 0 Å². The third-order valence-corrected chi connectivity index (χ3v) is 3.06. The van der Waals surface area contributed by atoms with Gasteiger partial charge in [-0.05, 0) is 37.9 Å². The van der Waals surface area contributed by atoms with E-state index in [4.69, 9.17) is 4.42 Å². The first-order valence-corrected chi connectivity index (χ1v) is 6.40. The monoisotopic (exact) mass is 236 g/mol. The molecule has 0 aliphatic carbocycles. The number of amides is 1. The Morgan fingerprint density at radius 3 is 2.82 bits per heavy atom. The molecule has 1 aliphatic rings. The van der Waals surface area contributed by atoms with Gasteiger partial charge in [0.2, 0.25) is 0 Å². The lowest BCUT2D eigenvalue weighted by Gasteiger charge is -2.25. The van der Waals surface area contributed by atoms with Gasteiger partial charge in [0.15, 0.2) is 5.76 Å². The normalized spacial score (nSPS) is 16.2. The summed E-state index contributed by atoms with van der Waals surface area (Å²) in [5.41, 5.74) is 0. The number of rotatable bonds is 4. The van der Waals surface area contributed by atoms with Gasteiger partial charge in [0, 0.05) is 13.1 Å². The first-order chi connectivity index (χ1) is 8.31. The van der Waals surface area contributed by atoms with E-state index in [1.807, 2.05) is 17.9 Å². The van der Waals surface area contributed by atoms with E-state index >= 15 is 0 Å². The highest BCUT2D eigenvalue weighted by atomic mass is 16.4. The second-order valence-corrected chi connectivity index (χ2v) is 4.40. The van der Waals surface area contributed by atoms with Crippen LogP contribution in [0.15, 0.2) is 16.5 Å². The molecule has 1 aliphatic heterocycles. The number of hydrogen-bond donors (Lipinski definition) is 1. The molecule has 1 aromatic rings. The van der Waals surface area contributed by atoms with Crippen LogP contribution in [0, 0.1) is 0 Å². The average molecular weight is 236 g/mol. The minimum Gasteiger partial charge on any atom is -0.455 e. The highest BCUT2D eigenvalue weighted by molar-refractivity contribution is 5.91. The lowest BCUT2D eigenvalue weighted by molar-refractivity contribution is 0.0690. The SMILES string of the molecule is CCNCc1ccc(C(=O)N2CCCCC2)o1. The molecule has 1 amide bonds. The molecule has 4 nitrogen and oxygen atoms in total. The number of nitrogens with one attached hydrogen (secondary N) is 1. The zero-order valence-corrected chi connectivity index (χ0v) is 10.4. The summed E-state index contributed by atoms with van der Waals surface area (Å²) in [7, 11) is 0. The van der Waals surface area contributed by atoms with E-state index in [2.05, 4.69) is 5.32 Å². The Labute approximate surface area is 102 Å². The van der Waals surface area contributed by atoms with Crippen molar-refractivity contribution in [1.82, 2.24) is 10.2 Å². The van der Waals surface area contributed by atoms with E-state index in [1.165, 1.54) is 6.42 Å². The van der Waals surface area contributed by atoms with E-state index in [-0.39, 0.29) is 5.91 Å². The fourth-order valence-electron chi connectivity index (χ4n) is 2.09. The molecule has 17 heavy (non-hydrogen) atoms. The number of furan rings is 1. The van der Waals surface area contributed by atoms with Gasteiger partial charge >= 0.3 is 0 Å². The zero-order valence-electron chi connectivity index (χ0n) is 10.4. The molecule has 0 atom stereocenters. The lowest BCUT2D eigenvalue weighted by Crippen LogP contribution is -2.35. The Bertz CT molecular complexity index is 367. The van der Waals surface area contributed by atoms with Crippen molar-refractivity contribution in [2.45, 2.75) is 32.7 Å². The smallest absolute Gasteiger partial charge is 0.289 e. The van der Waals surface area contributed by atoms with E-state index in [0.29, 0.717) is 12.3 Å². The molecule has 2 rings (SSSR count). The minimum atomic E-state index is 0.0347. The molecule has 0 saturated carbocycles. The summed E-state index contributed by atoms with van der Waals surface area (Å²) in [5.74, 6) is 1.33. The Hall–Kier alpha value is -1.29. The topological polar surface area (TPSA) is 45.5 Å². The Balaban J connectivity index is 1.96. The van der Waals surface area contributed by atoms with Crippen LogP contribution in [0.4, 0.5) is 0 Å². The summed E-state index contributed by atoms with van der Waals surface area (Å²) in [6.45, 7) is 5.35. The van der Waals surface area contributed by atoms with Crippen molar-refractivity contribution >= 4 is 5.91 Å². The van der Waals surface area contributed by atoms with Crippen LogP contribution >= 0.6 is 0 Å². The maximum Gasteiger partial charge on any atom is 0.289 e. The molecule has 1 saturated heterocycles. The molecule has 1 aromatic heterocycles. The van der Waals surface area contributed by atoms with Crippen molar-refractivity contribution < 1.29 is 9.21 Å². The predicted molar refractivity (Wildman–Crippen MR) is 65.8 cm³/mol. The van der Waals surface area contributed by atoms with Crippen molar-refractivity contribution in [1.29, 1.82) is 0 Å². The molecule has 0 unspecified atom stereocenters. The molecule has 0 radical (unpaired) electrons. The zero-order chi connectivity index (χ0) is 12.1. The van der Waals surface area contributed by atoms with Crippen molar-refractivity contribution in [3.63, 3.8) is 0 Å². The van der Waals surface area contributed by atoms with Crippen molar-refractivity contribution in [2.75, 3.05) is 19.6 Å². The van der Waals surface area contributed by atoms with Crippen molar-refractivity contribution in [3.05, 3.63) is 23.7 Å². The fraction of sp³-hybridized carbons (Fsp3) is 0.615. The molecule has 2 heterocycles. The molecule has 94 valence electrons. The van der Waals surface area contributed by atoms with E-state index in [0.717, 1.165) is 38.2 Å². The number of hydrogen-bond acceptors (Lipinski definition) is 3. The molecule has 0 aromatic carbocycles.